The van der Waals surface area contributed by atoms with Crippen LogP contribution in [0.1, 0.15) is 46.4 Å². The highest BCUT2D eigenvalue weighted by molar-refractivity contribution is 9.12. The first-order valence-electron chi connectivity index (χ1n) is 9.84. The Morgan fingerprint density at radius 2 is 1.93 bits per heavy atom. The molecular weight excluding hydrogens is 446 g/mol. The number of carbonyl (C=O) groups is 2. The van der Waals surface area contributed by atoms with Crippen LogP contribution in [0.2, 0.25) is 0 Å². The molecule has 150 valence electrons. The highest BCUT2D eigenvalue weighted by atomic mass is 79.9. The third kappa shape index (κ3) is 2.92. The molecule has 1 unspecified atom stereocenters. The van der Waals surface area contributed by atoms with Gasteiger partial charge in [-0.3, -0.25) is 9.59 Å². The number of ketones is 2. The number of aryl methyl sites for hydroxylation is 1. The van der Waals surface area contributed by atoms with Gasteiger partial charge in [-0.05, 0) is 33.5 Å². The number of carbonyl (C=O) groups excluding carboxylic acids is 2. The third-order valence-electron chi connectivity index (χ3n) is 5.54. The molecule has 0 fully saturated rings. The molecule has 0 saturated heterocycles. The van der Waals surface area contributed by atoms with Crippen LogP contribution < -0.4 is 0 Å². The molecule has 7 heteroatoms. The molecule has 0 N–H and O–H groups in total. The second kappa shape index (κ2) is 7.32. The summed E-state index contributed by atoms with van der Waals surface area (Å²) in [6.45, 7) is 2.46. The van der Waals surface area contributed by atoms with Gasteiger partial charge in [-0.25, -0.2) is 4.68 Å². The van der Waals surface area contributed by atoms with Crippen molar-refractivity contribution in [3.05, 3.63) is 75.4 Å². The van der Waals surface area contributed by atoms with Gasteiger partial charge in [0.25, 0.3) is 0 Å². The molecule has 2 heterocycles. The van der Waals surface area contributed by atoms with E-state index in [4.69, 9.17) is 4.74 Å². The normalized spacial score (nSPS) is 17.7. The SMILES string of the molecule is CCCc1ccc(-c2cn(C3COC4=C(Br)C(=O)C(=O)c5cccc3c54)nn2)cc1. The molecule has 1 aliphatic heterocycles. The van der Waals surface area contributed by atoms with E-state index in [-0.39, 0.29) is 10.5 Å². The van der Waals surface area contributed by atoms with Crippen molar-refractivity contribution < 1.29 is 14.3 Å². The van der Waals surface area contributed by atoms with Gasteiger partial charge < -0.3 is 4.74 Å². The maximum Gasteiger partial charge on any atom is 0.244 e. The van der Waals surface area contributed by atoms with Gasteiger partial charge >= 0.3 is 0 Å². The van der Waals surface area contributed by atoms with Crippen LogP contribution in [-0.2, 0) is 16.0 Å². The number of aromatic nitrogens is 3. The molecule has 1 atom stereocenters. The van der Waals surface area contributed by atoms with Crippen LogP contribution in [0.25, 0.3) is 17.0 Å². The summed E-state index contributed by atoms with van der Waals surface area (Å²) in [6, 6.07) is 13.5. The number of ether oxygens (including phenoxy) is 1. The van der Waals surface area contributed by atoms with E-state index in [0.717, 1.165) is 29.7 Å². The van der Waals surface area contributed by atoms with Gasteiger partial charge in [-0.15, -0.1) is 5.10 Å². The molecule has 5 rings (SSSR count). The Hall–Kier alpha value is -3.06. The fraction of sp³-hybridized carbons (Fsp3) is 0.217. The molecule has 3 aromatic rings. The Kier molecular flexibility index (Phi) is 4.62. The van der Waals surface area contributed by atoms with Gasteiger partial charge in [0, 0.05) is 16.7 Å². The van der Waals surface area contributed by atoms with Crippen molar-refractivity contribution in [1.29, 1.82) is 0 Å². The summed E-state index contributed by atoms with van der Waals surface area (Å²) in [5.74, 6) is -0.686. The number of halogens is 1. The summed E-state index contributed by atoms with van der Waals surface area (Å²) in [7, 11) is 0. The second-order valence-corrected chi connectivity index (χ2v) is 8.22. The third-order valence-corrected chi connectivity index (χ3v) is 6.26. The molecule has 1 aliphatic carbocycles. The van der Waals surface area contributed by atoms with Crippen LogP contribution >= 0.6 is 15.9 Å². The van der Waals surface area contributed by atoms with E-state index < -0.39 is 11.6 Å². The first-order chi connectivity index (χ1) is 14.6. The number of rotatable bonds is 4. The zero-order chi connectivity index (χ0) is 20.8. The van der Waals surface area contributed by atoms with Gasteiger partial charge in [0.2, 0.25) is 11.6 Å². The highest BCUT2D eigenvalue weighted by Crippen LogP contribution is 2.42. The summed E-state index contributed by atoms with van der Waals surface area (Å²) in [4.78, 5) is 24.7. The first-order valence-corrected chi connectivity index (χ1v) is 10.6. The predicted octanol–water partition coefficient (Wildman–Crippen LogP) is 4.35. The lowest BCUT2D eigenvalue weighted by molar-refractivity contribution is -0.111. The molecule has 0 bridgehead atoms. The molecule has 6 nitrogen and oxygen atoms in total. The van der Waals surface area contributed by atoms with Crippen molar-refractivity contribution >= 4 is 33.3 Å². The maximum absolute atomic E-state index is 12.5. The van der Waals surface area contributed by atoms with Crippen molar-refractivity contribution in [2.75, 3.05) is 6.61 Å². The van der Waals surface area contributed by atoms with Gasteiger partial charge in [0.1, 0.15) is 28.6 Å². The smallest absolute Gasteiger partial charge is 0.244 e. The second-order valence-electron chi connectivity index (χ2n) is 7.43. The summed E-state index contributed by atoms with van der Waals surface area (Å²) in [5, 5.41) is 8.68. The predicted molar refractivity (Wildman–Crippen MR) is 115 cm³/mol. The Labute approximate surface area is 181 Å². The van der Waals surface area contributed by atoms with E-state index >= 15 is 0 Å². The Morgan fingerprint density at radius 1 is 1.13 bits per heavy atom. The van der Waals surface area contributed by atoms with E-state index in [1.807, 2.05) is 12.3 Å². The van der Waals surface area contributed by atoms with Gasteiger partial charge in [0.05, 0.1) is 6.20 Å². The van der Waals surface area contributed by atoms with Crippen LogP contribution in [-0.4, -0.2) is 33.2 Å². The molecule has 2 aliphatic rings. The lowest BCUT2D eigenvalue weighted by Crippen LogP contribution is -2.30. The van der Waals surface area contributed by atoms with E-state index in [2.05, 4.69) is 57.4 Å². The highest BCUT2D eigenvalue weighted by Gasteiger charge is 2.39. The standard InChI is InChI=1S/C23H18BrN3O3/c1-2-4-13-7-9-14(10-8-13)17-11-27(26-25-17)18-12-30-23-19-15(18)5-3-6-16(19)21(28)22(29)20(23)24/h3,5-11,18H,2,4,12H2,1H3. The summed E-state index contributed by atoms with van der Waals surface area (Å²) in [6.07, 6.45) is 4.05. The van der Waals surface area contributed by atoms with Crippen molar-refractivity contribution in [3.63, 3.8) is 0 Å². The molecular formula is C23H18BrN3O3. The van der Waals surface area contributed by atoms with Crippen LogP contribution in [0.5, 0.6) is 0 Å². The quantitative estimate of drug-likeness (QED) is 0.537. The minimum Gasteiger partial charge on any atom is -0.489 e. The average Bonchev–Trinajstić information content (AvgIpc) is 3.26. The fourth-order valence-corrected chi connectivity index (χ4v) is 4.52. The Balaban J connectivity index is 1.53. The average molecular weight is 464 g/mol. The summed E-state index contributed by atoms with van der Waals surface area (Å²) >= 11 is 3.24. The topological polar surface area (TPSA) is 74.1 Å². The number of Topliss-reactive ketones (excluding diaryl/α,β-unsaturated/α-hetero) is 2. The van der Waals surface area contributed by atoms with Crippen molar-refractivity contribution in [1.82, 2.24) is 15.0 Å². The zero-order valence-corrected chi connectivity index (χ0v) is 17.8. The molecule has 0 radical (unpaired) electrons. The molecule has 30 heavy (non-hydrogen) atoms. The van der Waals surface area contributed by atoms with Crippen LogP contribution in [0.3, 0.4) is 0 Å². The van der Waals surface area contributed by atoms with Gasteiger partial charge in [-0.1, -0.05) is 61.0 Å². The molecule has 0 spiro atoms. The van der Waals surface area contributed by atoms with Crippen molar-refractivity contribution in [3.8, 4) is 11.3 Å². The van der Waals surface area contributed by atoms with E-state index in [1.165, 1.54) is 5.56 Å². The van der Waals surface area contributed by atoms with Gasteiger partial charge in [-0.2, -0.15) is 0 Å². The molecule has 0 saturated carbocycles. The minimum atomic E-state index is -0.581. The van der Waals surface area contributed by atoms with Crippen LogP contribution in [0, 0.1) is 0 Å². The van der Waals surface area contributed by atoms with Crippen LogP contribution in [0.15, 0.2) is 53.1 Å². The fourth-order valence-electron chi connectivity index (χ4n) is 4.02. The first kappa shape index (κ1) is 18.9. The number of benzene rings is 2. The van der Waals surface area contributed by atoms with Gasteiger partial charge in [0.15, 0.2) is 0 Å². The molecule has 2 aromatic carbocycles. The maximum atomic E-state index is 12.5. The monoisotopic (exact) mass is 463 g/mol. The largest absolute Gasteiger partial charge is 0.489 e. The Bertz CT molecular complexity index is 1210. The number of allylic oxidation sites excluding steroid dienone is 1. The van der Waals surface area contributed by atoms with E-state index in [1.54, 1.807) is 16.8 Å². The van der Waals surface area contributed by atoms with E-state index in [9.17, 15) is 9.59 Å². The lowest BCUT2D eigenvalue weighted by atomic mass is 9.86. The van der Waals surface area contributed by atoms with E-state index in [0.29, 0.717) is 23.5 Å². The van der Waals surface area contributed by atoms with Crippen molar-refractivity contribution in [2.24, 2.45) is 0 Å². The number of hydrogen-bond acceptors (Lipinski definition) is 5. The number of hydrogen-bond donors (Lipinski definition) is 0. The lowest BCUT2D eigenvalue weighted by Gasteiger charge is -2.31. The summed E-state index contributed by atoms with van der Waals surface area (Å²) < 4.78 is 7.85. The Morgan fingerprint density at radius 3 is 2.70 bits per heavy atom. The zero-order valence-electron chi connectivity index (χ0n) is 16.3. The molecule has 0 amide bonds. The number of nitrogens with zero attached hydrogens (tertiary/aromatic N) is 3. The summed E-state index contributed by atoms with van der Waals surface area (Å²) in [5.41, 5.74) is 4.99. The van der Waals surface area contributed by atoms with Crippen molar-refractivity contribution in [2.45, 2.75) is 25.8 Å². The molecule has 1 aromatic heterocycles. The minimum absolute atomic E-state index is 0.178. The van der Waals surface area contributed by atoms with Crippen LogP contribution in [0.4, 0.5) is 0 Å².